The fourth-order valence-electron chi connectivity index (χ4n) is 3.92. The summed E-state index contributed by atoms with van der Waals surface area (Å²) in [7, 11) is 3.41. The second kappa shape index (κ2) is 4.70. The maximum atomic E-state index is 12.6. The van der Waals surface area contributed by atoms with E-state index < -0.39 is 5.41 Å². The van der Waals surface area contributed by atoms with E-state index in [2.05, 4.69) is 13.0 Å². The topological polar surface area (TPSA) is 35.5 Å². The number of ketones is 1. The Hall–Kier alpha value is -1.61. The fraction of sp³-hybridized carbons (Fsp3) is 0.500. The van der Waals surface area contributed by atoms with E-state index in [1.165, 1.54) is 0 Å². The third-order valence-electron chi connectivity index (χ3n) is 5.34. The van der Waals surface area contributed by atoms with E-state index >= 15 is 0 Å². The molecule has 0 aliphatic heterocycles. The Kier molecular flexibility index (Phi) is 3.21. The van der Waals surface area contributed by atoms with Gasteiger partial charge in [-0.1, -0.05) is 24.3 Å². The van der Waals surface area contributed by atoms with E-state index in [-0.39, 0.29) is 11.5 Å². The fourth-order valence-corrected chi connectivity index (χ4v) is 3.92. The molecule has 1 saturated carbocycles. The summed E-state index contributed by atoms with van der Waals surface area (Å²) in [4.78, 5) is 12.6. The molecule has 2 bridgehead atoms. The highest BCUT2D eigenvalue weighted by molar-refractivity contribution is 6.01. The van der Waals surface area contributed by atoms with E-state index in [1.807, 2.05) is 31.2 Å². The summed E-state index contributed by atoms with van der Waals surface area (Å²) < 4.78 is 11.2. The predicted octanol–water partition coefficient (Wildman–Crippen LogP) is 3.48. The molecule has 0 radical (unpaired) electrons. The molecule has 1 aromatic rings. The first-order valence-electron chi connectivity index (χ1n) is 7.39. The number of allylic oxidation sites excluding steroid dienone is 1. The summed E-state index contributed by atoms with van der Waals surface area (Å²) in [6, 6.07) is 7.92. The number of hydrogen-bond donors (Lipinski definition) is 0. The molecule has 0 N–H and O–H groups in total. The average Bonchev–Trinajstić information content (AvgIpc) is 2.49. The van der Waals surface area contributed by atoms with Gasteiger partial charge in [-0.15, -0.1) is 0 Å². The molecule has 3 aliphatic rings. The van der Waals surface area contributed by atoms with Gasteiger partial charge in [0.15, 0.2) is 0 Å². The van der Waals surface area contributed by atoms with E-state index in [0.29, 0.717) is 12.2 Å². The highest BCUT2D eigenvalue weighted by Crippen LogP contribution is 2.57. The molecule has 1 fully saturated rings. The molecule has 3 aliphatic carbocycles. The lowest BCUT2D eigenvalue weighted by Gasteiger charge is -2.52. The number of carbonyl (C=O) groups is 1. The molecule has 1 unspecified atom stereocenters. The van der Waals surface area contributed by atoms with Gasteiger partial charge in [-0.25, -0.2) is 0 Å². The van der Waals surface area contributed by atoms with Crippen molar-refractivity contribution in [2.45, 2.75) is 32.3 Å². The van der Waals surface area contributed by atoms with E-state index in [9.17, 15) is 4.79 Å². The summed E-state index contributed by atoms with van der Waals surface area (Å²) in [5.41, 5.74) is 1.37. The van der Waals surface area contributed by atoms with E-state index in [4.69, 9.17) is 9.47 Å². The van der Waals surface area contributed by atoms with Gasteiger partial charge < -0.3 is 9.47 Å². The first-order valence-corrected chi connectivity index (χ1v) is 7.39. The van der Waals surface area contributed by atoms with Crippen LogP contribution in [0.2, 0.25) is 0 Å². The SMILES string of the molecule is COc1ccccc1C1=C[C@@H]2CC(=O)[C@@]1(C)CC2(C)OC. The molecule has 3 heteroatoms. The molecule has 0 aromatic heterocycles. The molecule has 21 heavy (non-hydrogen) atoms. The molecule has 4 rings (SSSR count). The number of methoxy groups -OCH3 is 2. The summed E-state index contributed by atoms with van der Waals surface area (Å²) in [5.74, 6) is 1.27. The highest BCUT2D eigenvalue weighted by atomic mass is 16.5. The van der Waals surface area contributed by atoms with Gasteiger partial charge in [-0.05, 0) is 31.9 Å². The van der Waals surface area contributed by atoms with Crippen molar-refractivity contribution in [1.82, 2.24) is 0 Å². The molecular formula is C18H22O3. The van der Waals surface area contributed by atoms with Crippen LogP contribution < -0.4 is 4.74 Å². The Balaban J connectivity index is 2.16. The van der Waals surface area contributed by atoms with Gasteiger partial charge in [0, 0.05) is 25.0 Å². The quantitative estimate of drug-likeness (QED) is 0.853. The number of rotatable bonds is 3. The number of ether oxygens (including phenoxy) is 2. The van der Waals surface area contributed by atoms with Crippen LogP contribution in [0, 0.1) is 11.3 Å². The largest absolute Gasteiger partial charge is 0.496 e. The van der Waals surface area contributed by atoms with Crippen LogP contribution >= 0.6 is 0 Å². The molecule has 3 atom stereocenters. The molecule has 112 valence electrons. The third kappa shape index (κ3) is 1.95. The number of Topliss-reactive ketones (excluding diaryl/α,β-unsaturated/α-hetero) is 1. The first kappa shape index (κ1) is 14.3. The lowest BCUT2D eigenvalue weighted by atomic mass is 9.54. The average molecular weight is 286 g/mol. The number of fused-ring (bicyclic) bond motifs is 2. The molecule has 0 saturated heterocycles. The molecule has 0 amide bonds. The smallest absolute Gasteiger partial charge is 0.143 e. The Bertz CT molecular complexity index is 619. The predicted molar refractivity (Wildman–Crippen MR) is 82.2 cm³/mol. The number of benzene rings is 1. The minimum atomic E-state index is -0.492. The van der Waals surface area contributed by atoms with Gasteiger partial charge in [0.25, 0.3) is 0 Å². The van der Waals surface area contributed by atoms with Crippen LogP contribution in [0.3, 0.4) is 0 Å². The number of para-hydroxylation sites is 1. The van der Waals surface area contributed by atoms with Crippen molar-refractivity contribution in [1.29, 1.82) is 0 Å². The summed E-state index contributed by atoms with van der Waals surface area (Å²) in [5, 5.41) is 0. The van der Waals surface area contributed by atoms with Crippen molar-refractivity contribution in [2.75, 3.05) is 14.2 Å². The maximum absolute atomic E-state index is 12.6. The Morgan fingerprint density at radius 1 is 1.19 bits per heavy atom. The van der Waals surface area contributed by atoms with Crippen molar-refractivity contribution < 1.29 is 14.3 Å². The van der Waals surface area contributed by atoms with Crippen LogP contribution in [0.5, 0.6) is 5.75 Å². The van der Waals surface area contributed by atoms with Gasteiger partial charge in [0.1, 0.15) is 11.5 Å². The maximum Gasteiger partial charge on any atom is 0.143 e. The zero-order chi connectivity index (χ0) is 15.3. The monoisotopic (exact) mass is 286 g/mol. The number of hydrogen-bond acceptors (Lipinski definition) is 3. The van der Waals surface area contributed by atoms with E-state index in [0.717, 1.165) is 23.3 Å². The second-order valence-electron chi connectivity index (χ2n) is 6.54. The first-order chi connectivity index (χ1) is 9.94. The van der Waals surface area contributed by atoms with Crippen LogP contribution in [-0.2, 0) is 9.53 Å². The van der Waals surface area contributed by atoms with Gasteiger partial charge in [-0.2, -0.15) is 0 Å². The van der Waals surface area contributed by atoms with Gasteiger partial charge in [0.05, 0.1) is 18.1 Å². The molecule has 0 spiro atoms. The van der Waals surface area contributed by atoms with Crippen LogP contribution in [0.1, 0.15) is 32.3 Å². The van der Waals surface area contributed by atoms with Gasteiger partial charge in [-0.3, -0.25) is 4.79 Å². The van der Waals surface area contributed by atoms with Crippen LogP contribution in [0.15, 0.2) is 30.3 Å². The van der Waals surface area contributed by atoms with Crippen molar-refractivity contribution in [3.63, 3.8) is 0 Å². The van der Waals surface area contributed by atoms with Gasteiger partial charge in [0.2, 0.25) is 0 Å². The normalized spacial score (nSPS) is 34.8. The minimum absolute atomic E-state index is 0.136. The van der Waals surface area contributed by atoms with Crippen LogP contribution in [0.4, 0.5) is 0 Å². The molecular weight excluding hydrogens is 264 g/mol. The zero-order valence-electron chi connectivity index (χ0n) is 13.1. The van der Waals surface area contributed by atoms with Crippen LogP contribution in [0.25, 0.3) is 5.57 Å². The molecule has 1 aromatic carbocycles. The Morgan fingerprint density at radius 3 is 2.57 bits per heavy atom. The summed E-state index contributed by atoms with van der Waals surface area (Å²) in [6.07, 6.45) is 3.52. The van der Waals surface area contributed by atoms with Crippen molar-refractivity contribution in [3.8, 4) is 5.75 Å². The summed E-state index contributed by atoms with van der Waals surface area (Å²) >= 11 is 0. The third-order valence-corrected chi connectivity index (χ3v) is 5.34. The lowest BCUT2D eigenvalue weighted by Crippen LogP contribution is -2.54. The van der Waals surface area contributed by atoms with Crippen LogP contribution in [-0.4, -0.2) is 25.6 Å². The molecule has 0 heterocycles. The highest BCUT2D eigenvalue weighted by Gasteiger charge is 2.56. The molecule has 3 nitrogen and oxygen atoms in total. The van der Waals surface area contributed by atoms with Crippen molar-refractivity contribution >= 4 is 11.4 Å². The van der Waals surface area contributed by atoms with Gasteiger partial charge >= 0.3 is 0 Å². The zero-order valence-corrected chi connectivity index (χ0v) is 13.1. The lowest BCUT2D eigenvalue weighted by molar-refractivity contribution is -0.144. The Labute approximate surface area is 125 Å². The van der Waals surface area contributed by atoms with Crippen molar-refractivity contribution in [2.24, 2.45) is 11.3 Å². The minimum Gasteiger partial charge on any atom is -0.496 e. The van der Waals surface area contributed by atoms with Crippen molar-refractivity contribution in [3.05, 3.63) is 35.9 Å². The number of carbonyl (C=O) groups excluding carboxylic acids is 1. The second-order valence-corrected chi connectivity index (χ2v) is 6.54. The standard InChI is InChI=1S/C18H22O3/c1-17-11-18(2,21-4)12(10-16(17)19)9-14(17)13-7-5-6-8-15(13)20-3/h5-9,12H,10-11H2,1-4H3/t12-,17+,18?/m1/s1. The summed E-state index contributed by atoms with van der Waals surface area (Å²) in [6.45, 7) is 4.15. The van der Waals surface area contributed by atoms with E-state index in [1.54, 1.807) is 14.2 Å². The Morgan fingerprint density at radius 2 is 1.90 bits per heavy atom.